The Labute approximate surface area is 110 Å². The maximum atomic E-state index is 5.75. The Morgan fingerprint density at radius 1 is 1.59 bits per heavy atom. The summed E-state index contributed by atoms with van der Waals surface area (Å²) in [4.78, 5) is 6.69. The highest BCUT2D eigenvalue weighted by Crippen LogP contribution is 2.28. The molecule has 0 aromatic carbocycles. The van der Waals surface area contributed by atoms with E-state index in [1.807, 2.05) is 12.3 Å². The third-order valence-corrected chi connectivity index (χ3v) is 3.93. The molecule has 1 aromatic heterocycles. The summed E-state index contributed by atoms with van der Waals surface area (Å²) < 4.78 is 6.81. The molecule has 17 heavy (non-hydrogen) atoms. The third kappa shape index (κ3) is 2.78. The molecule has 0 radical (unpaired) electrons. The number of nitrogens with two attached hydrogens (primary N) is 1. The predicted molar refractivity (Wildman–Crippen MR) is 72.3 cm³/mol. The standard InChI is InChI=1S/C12H18BrN3O/c1-8-3-4-15-12(11(8)13)16-6-9(2)17-10(5-14)7-16/h3-4,9-10H,5-7,14H2,1-2H3. The van der Waals surface area contributed by atoms with Crippen LogP contribution >= 0.6 is 15.9 Å². The van der Waals surface area contributed by atoms with Gasteiger partial charge in [0.05, 0.1) is 16.7 Å². The number of hydrogen-bond acceptors (Lipinski definition) is 4. The van der Waals surface area contributed by atoms with Gasteiger partial charge in [0, 0.05) is 25.8 Å². The molecular formula is C12H18BrN3O. The van der Waals surface area contributed by atoms with Crippen LogP contribution in [0.2, 0.25) is 0 Å². The smallest absolute Gasteiger partial charge is 0.143 e. The first-order chi connectivity index (χ1) is 8.11. The summed E-state index contributed by atoms with van der Waals surface area (Å²) in [7, 11) is 0. The normalized spacial score (nSPS) is 25.1. The summed E-state index contributed by atoms with van der Waals surface area (Å²) >= 11 is 3.60. The van der Waals surface area contributed by atoms with Crippen molar-refractivity contribution in [3.63, 3.8) is 0 Å². The third-order valence-electron chi connectivity index (χ3n) is 2.95. The fourth-order valence-corrected chi connectivity index (χ4v) is 2.58. The molecule has 1 saturated heterocycles. The van der Waals surface area contributed by atoms with E-state index in [0.717, 1.165) is 23.4 Å². The van der Waals surface area contributed by atoms with Crippen LogP contribution in [-0.2, 0) is 4.74 Å². The van der Waals surface area contributed by atoms with Crippen LogP contribution in [0.4, 0.5) is 5.82 Å². The molecule has 2 N–H and O–H groups in total. The van der Waals surface area contributed by atoms with Crippen LogP contribution in [0.3, 0.4) is 0 Å². The SMILES string of the molecule is Cc1ccnc(N2CC(C)OC(CN)C2)c1Br. The molecular weight excluding hydrogens is 282 g/mol. The van der Waals surface area contributed by atoms with E-state index in [-0.39, 0.29) is 12.2 Å². The largest absolute Gasteiger partial charge is 0.370 e. The van der Waals surface area contributed by atoms with Crippen LogP contribution < -0.4 is 10.6 Å². The fourth-order valence-electron chi connectivity index (χ4n) is 2.09. The lowest BCUT2D eigenvalue weighted by Gasteiger charge is -2.37. The van der Waals surface area contributed by atoms with E-state index in [4.69, 9.17) is 10.5 Å². The Hall–Kier alpha value is -0.650. The zero-order valence-corrected chi connectivity index (χ0v) is 11.8. The zero-order valence-electron chi connectivity index (χ0n) is 10.2. The minimum absolute atomic E-state index is 0.0907. The van der Waals surface area contributed by atoms with Gasteiger partial charge in [0.25, 0.3) is 0 Å². The fraction of sp³-hybridized carbons (Fsp3) is 0.583. The van der Waals surface area contributed by atoms with Gasteiger partial charge in [-0.3, -0.25) is 0 Å². The Morgan fingerprint density at radius 2 is 2.35 bits per heavy atom. The van der Waals surface area contributed by atoms with Gasteiger partial charge in [-0.25, -0.2) is 4.98 Å². The number of nitrogens with zero attached hydrogens (tertiary/aromatic N) is 2. The predicted octanol–water partition coefficient (Wildman–Crippen LogP) is 1.70. The lowest BCUT2D eigenvalue weighted by atomic mass is 10.2. The molecule has 4 nitrogen and oxygen atoms in total. The Bertz CT molecular complexity index is 399. The van der Waals surface area contributed by atoms with Crippen LogP contribution in [0.5, 0.6) is 0 Å². The van der Waals surface area contributed by atoms with Gasteiger partial charge in [-0.2, -0.15) is 0 Å². The summed E-state index contributed by atoms with van der Waals surface area (Å²) in [5.74, 6) is 0.985. The van der Waals surface area contributed by atoms with Gasteiger partial charge >= 0.3 is 0 Å². The van der Waals surface area contributed by atoms with Gasteiger partial charge in [-0.05, 0) is 41.4 Å². The van der Waals surface area contributed by atoms with Gasteiger partial charge in [0.15, 0.2) is 0 Å². The first kappa shape index (κ1) is 12.8. The average molecular weight is 300 g/mol. The number of pyridine rings is 1. The van der Waals surface area contributed by atoms with E-state index in [0.29, 0.717) is 6.54 Å². The topological polar surface area (TPSA) is 51.4 Å². The zero-order chi connectivity index (χ0) is 12.4. The van der Waals surface area contributed by atoms with E-state index in [1.54, 1.807) is 0 Å². The van der Waals surface area contributed by atoms with Crippen molar-refractivity contribution in [2.75, 3.05) is 24.5 Å². The monoisotopic (exact) mass is 299 g/mol. The molecule has 0 spiro atoms. The molecule has 0 saturated carbocycles. The quantitative estimate of drug-likeness (QED) is 0.903. The molecule has 2 unspecified atom stereocenters. The van der Waals surface area contributed by atoms with E-state index < -0.39 is 0 Å². The maximum absolute atomic E-state index is 5.75. The number of anilines is 1. The van der Waals surface area contributed by atoms with E-state index in [2.05, 4.69) is 39.7 Å². The Kier molecular flexibility index (Phi) is 4.01. The first-order valence-electron chi connectivity index (χ1n) is 5.83. The number of morpholine rings is 1. The van der Waals surface area contributed by atoms with Crippen LogP contribution in [0.15, 0.2) is 16.7 Å². The van der Waals surface area contributed by atoms with Gasteiger partial charge in [-0.1, -0.05) is 0 Å². The highest BCUT2D eigenvalue weighted by Gasteiger charge is 2.26. The summed E-state index contributed by atoms with van der Waals surface area (Å²) in [5.41, 5.74) is 6.88. The van der Waals surface area contributed by atoms with Crippen molar-refractivity contribution in [2.45, 2.75) is 26.1 Å². The van der Waals surface area contributed by atoms with Crippen molar-refractivity contribution in [1.29, 1.82) is 0 Å². The minimum Gasteiger partial charge on any atom is -0.370 e. The number of aryl methyl sites for hydroxylation is 1. The second kappa shape index (κ2) is 5.33. The van der Waals surface area contributed by atoms with Crippen molar-refractivity contribution >= 4 is 21.7 Å². The molecule has 1 fully saturated rings. The summed E-state index contributed by atoms with van der Waals surface area (Å²) in [5, 5.41) is 0. The lowest BCUT2D eigenvalue weighted by molar-refractivity contribution is -0.0107. The van der Waals surface area contributed by atoms with Crippen molar-refractivity contribution in [2.24, 2.45) is 5.73 Å². The van der Waals surface area contributed by atoms with Crippen LogP contribution in [-0.4, -0.2) is 36.8 Å². The van der Waals surface area contributed by atoms with Gasteiger partial charge in [-0.15, -0.1) is 0 Å². The molecule has 94 valence electrons. The molecule has 1 aromatic rings. The minimum atomic E-state index is 0.0907. The highest BCUT2D eigenvalue weighted by atomic mass is 79.9. The highest BCUT2D eigenvalue weighted by molar-refractivity contribution is 9.10. The maximum Gasteiger partial charge on any atom is 0.143 e. The molecule has 0 amide bonds. The number of aromatic nitrogens is 1. The molecule has 5 heteroatoms. The lowest BCUT2D eigenvalue weighted by Crippen LogP contribution is -2.49. The van der Waals surface area contributed by atoms with Gasteiger partial charge < -0.3 is 15.4 Å². The van der Waals surface area contributed by atoms with Crippen LogP contribution in [0.25, 0.3) is 0 Å². The number of hydrogen-bond donors (Lipinski definition) is 1. The molecule has 2 atom stereocenters. The molecule has 1 aliphatic rings. The summed E-state index contributed by atoms with van der Waals surface area (Å²) in [6, 6.07) is 2.00. The second-order valence-corrected chi connectivity index (χ2v) is 5.27. The molecule has 0 aliphatic carbocycles. The van der Waals surface area contributed by atoms with Crippen LogP contribution in [0, 0.1) is 6.92 Å². The van der Waals surface area contributed by atoms with E-state index in [1.165, 1.54) is 5.56 Å². The summed E-state index contributed by atoms with van der Waals surface area (Å²) in [6.45, 7) is 6.34. The Balaban J connectivity index is 2.23. The average Bonchev–Trinajstić information content (AvgIpc) is 2.31. The summed E-state index contributed by atoms with van der Waals surface area (Å²) in [6.07, 6.45) is 2.12. The molecule has 2 heterocycles. The van der Waals surface area contributed by atoms with Crippen molar-refractivity contribution in [1.82, 2.24) is 4.98 Å². The number of rotatable bonds is 2. The van der Waals surface area contributed by atoms with E-state index >= 15 is 0 Å². The van der Waals surface area contributed by atoms with E-state index in [9.17, 15) is 0 Å². The first-order valence-corrected chi connectivity index (χ1v) is 6.62. The van der Waals surface area contributed by atoms with Crippen molar-refractivity contribution in [3.05, 3.63) is 22.3 Å². The Morgan fingerprint density at radius 3 is 3.06 bits per heavy atom. The number of ether oxygens (including phenoxy) is 1. The molecule has 2 rings (SSSR count). The molecule has 1 aliphatic heterocycles. The van der Waals surface area contributed by atoms with Crippen LogP contribution in [0.1, 0.15) is 12.5 Å². The molecule has 0 bridgehead atoms. The van der Waals surface area contributed by atoms with Gasteiger partial charge in [0.1, 0.15) is 5.82 Å². The van der Waals surface area contributed by atoms with Gasteiger partial charge in [0.2, 0.25) is 0 Å². The second-order valence-electron chi connectivity index (χ2n) is 4.47. The van der Waals surface area contributed by atoms with Crippen molar-refractivity contribution < 1.29 is 4.74 Å². The van der Waals surface area contributed by atoms with Crippen molar-refractivity contribution in [3.8, 4) is 0 Å². The number of halogens is 1.